The average Bonchev–Trinajstić information content (AvgIpc) is 3.03. The second kappa shape index (κ2) is 5.67. The van der Waals surface area contributed by atoms with Gasteiger partial charge in [-0.3, -0.25) is 4.79 Å². The molecule has 0 atom stereocenters. The number of nitrogens with one attached hydrogen (secondary N) is 1. The van der Waals surface area contributed by atoms with Crippen LogP contribution in [0.3, 0.4) is 0 Å². The zero-order chi connectivity index (χ0) is 13.0. The van der Waals surface area contributed by atoms with E-state index in [1.54, 1.807) is 6.33 Å². The van der Waals surface area contributed by atoms with Crippen LogP contribution in [-0.2, 0) is 19.5 Å². The van der Waals surface area contributed by atoms with E-state index in [9.17, 15) is 4.79 Å². The molecule has 0 fully saturated rings. The summed E-state index contributed by atoms with van der Waals surface area (Å²) in [5.41, 5.74) is 0.731. The van der Waals surface area contributed by atoms with Crippen molar-refractivity contribution < 1.29 is 4.79 Å². The Balaban J connectivity index is 2.00. The van der Waals surface area contributed by atoms with Gasteiger partial charge in [0.25, 0.3) is 5.91 Å². The van der Waals surface area contributed by atoms with Gasteiger partial charge in [0.15, 0.2) is 5.82 Å². The van der Waals surface area contributed by atoms with Crippen LogP contribution in [0.5, 0.6) is 0 Å². The Hall–Kier alpha value is -1.83. The maximum absolute atomic E-state index is 11.9. The summed E-state index contributed by atoms with van der Waals surface area (Å²) in [6, 6.07) is 0. The van der Waals surface area contributed by atoms with Crippen LogP contribution in [0.25, 0.3) is 0 Å². The van der Waals surface area contributed by atoms with Crippen LogP contribution in [-0.4, -0.2) is 30.3 Å². The van der Waals surface area contributed by atoms with E-state index in [-0.39, 0.29) is 5.91 Å². The molecule has 0 bridgehead atoms. The highest BCUT2D eigenvalue weighted by Gasteiger charge is 2.15. The zero-order valence-electron chi connectivity index (χ0n) is 10.3. The molecule has 8 heteroatoms. The summed E-state index contributed by atoms with van der Waals surface area (Å²) in [5.74, 6) is 0.578. The van der Waals surface area contributed by atoms with Crippen molar-refractivity contribution in [3.05, 3.63) is 22.7 Å². The van der Waals surface area contributed by atoms with Crippen LogP contribution >= 0.6 is 11.5 Å². The van der Waals surface area contributed by atoms with Crippen LogP contribution in [0.1, 0.15) is 35.0 Å². The minimum absolute atomic E-state index is 0.160. The van der Waals surface area contributed by atoms with Gasteiger partial charge in [0.2, 0.25) is 0 Å². The fraction of sp³-hybridized carbons (Fsp3) is 0.500. The third kappa shape index (κ3) is 2.53. The summed E-state index contributed by atoms with van der Waals surface area (Å²) in [6.45, 7) is 5.08. The lowest BCUT2D eigenvalue weighted by Gasteiger charge is -2.04. The van der Waals surface area contributed by atoms with Crippen LogP contribution in [0, 0.1) is 0 Å². The first-order valence-corrected chi connectivity index (χ1v) is 6.49. The van der Waals surface area contributed by atoms with E-state index in [0.29, 0.717) is 17.8 Å². The second-order valence-electron chi connectivity index (χ2n) is 3.62. The van der Waals surface area contributed by atoms with Crippen molar-refractivity contribution in [2.75, 3.05) is 0 Å². The first-order chi connectivity index (χ1) is 8.76. The molecule has 2 aromatic heterocycles. The van der Waals surface area contributed by atoms with Crippen molar-refractivity contribution >= 4 is 17.4 Å². The zero-order valence-corrected chi connectivity index (χ0v) is 11.1. The third-order valence-corrected chi connectivity index (χ3v) is 3.31. The highest BCUT2D eigenvalue weighted by molar-refractivity contribution is 7.08. The van der Waals surface area contributed by atoms with E-state index < -0.39 is 0 Å². The van der Waals surface area contributed by atoms with Gasteiger partial charge in [-0.15, -0.1) is 15.3 Å². The number of hydrogen-bond donors (Lipinski definition) is 1. The molecule has 0 aliphatic carbocycles. The van der Waals surface area contributed by atoms with Crippen molar-refractivity contribution in [2.45, 2.75) is 33.4 Å². The molecule has 2 aromatic rings. The molecule has 0 aliphatic rings. The first kappa shape index (κ1) is 12.6. The van der Waals surface area contributed by atoms with Gasteiger partial charge in [-0.2, -0.15) is 0 Å². The highest BCUT2D eigenvalue weighted by Crippen LogP contribution is 2.10. The summed E-state index contributed by atoms with van der Waals surface area (Å²) in [7, 11) is 0. The molecule has 0 saturated heterocycles. The summed E-state index contributed by atoms with van der Waals surface area (Å²) in [4.78, 5) is 12.5. The molecule has 1 N–H and O–H groups in total. The van der Waals surface area contributed by atoms with E-state index in [4.69, 9.17) is 0 Å². The number of hydrogen-bond acceptors (Lipinski definition) is 6. The molecule has 0 spiro atoms. The predicted molar refractivity (Wildman–Crippen MR) is 66.2 cm³/mol. The topological polar surface area (TPSA) is 85.6 Å². The van der Waals surface area contributed by atoms with E-state index >= 15 is 0 Å². The SMILES string of the molecule is CCc1nnsc1C(=O)NCc1nncn1CC. The van der Waals surface area contributed by atoms with Crippen molar-refractivity contribution in [3.63, 3.8) is 0 Å². The molecule has 18 heavy (non-hydrogen) atoms. The molecule has 0 unspecified atom stereocenters. The summed E-state index contributed by atoms with van der Waals surface area (Å²) in [6.07, 6.45) is 2.34. The molecule has 0 aromatic carbocycles. The first-order valence-electron chi connectivity index (χ1n) is 5.72. The van der Waals surface area contributed by atoms with Crippen LogP contribution in [0.15, 0.2) is 6.33 Å². The van der Waals surface area contributed by atoms with Crippen LogP contribution < -0.4 is 5.32 Å². The van der Waals surface area contributed by atoms with Gasteiger partial charge in [0.1, 0.15) is 11.2 Å². The Kier molecular flexibility index (Phi) is 3.98. The Labute approximate surface area is 108 Å². The molecule has 0 saturated carbocycles. The molecular weight excluding hydrogens is 252 g/mol. The van der Waals surface area contributed by atoms with Gasteiger partial charge in [-0.1, -0.05) is 11.4 Å². The standard InChI is InChI=1S/C10H14N6OS/c1-3-7-9(18-15-13-7)10(17)11-5-8-14-12-6-16(8)4-2/h6H,3-5H2,1-2H3,(H,11,17). The van der Waals surface area contributed by atoms with Crippen molar-refractivity contribution in [1.82, 2.24) is 29.7 Å². The lowest BCUT2D eigenvalue weighted by molar-refractivity contribution is 0.0952. The maximum Gasteiger partial charge on any atom is 0.265 e. The Morgan fingerprint density at radius 2 is 2.28 bits per heavy atom. The van der Waals surface area contributed by atoms with Crippen molar-refractivity contribution in [2.24, 2.45) is 0 Å². The fourth-order valence-corrected chi connectivity index (χ4v) is 2.20. The lowest BCUT2D eigenvalue weighted by atomic mass is 10.3. The minimum Gasteiger partial charge on any atom is -0.344 e. The predicted octanol–water partition coefficient (Wildman–Crippen LogP) is 0.642. The summed E-state index contributed by atoms with van der Waals surface area (Å²) < 4.78 is 5.67. The lowest BCUT2D eigenvalue weighted by Crippen LogP contribution is -2.24. The third-order valence-electron chi connectivity index (χ3n) is 2.54. The second-order valence-corrected chi connectivity index (χ2v) is 4.37. The molecule has 2 rings (SSSR count). The molecule has 2 heterocycles. The van der Waals surface area contributed by atoms with Crippen LogP contribution in [0.4, 0.5) is 0 Å². The number of nitrogens with zero attached hydrogens (tertiary/aromatic N) is 5. The fourth-order valence-electron chi connectivity index (χ4n) is 1.53. The number of carbonyl (C=O) groups is 1. The Morgan fingerprint density at radius 1 is 1.44 bits per heavy atom. The molecule has 0 aliphatic heterocycles. The van der Waals surface area contributed by atoms with Gasteiger partial charge in [0.05, 0.1) is 12.2 Å². The van der Waals surface area contributed by atoms with Crippen LogP contribution in [0.2, 0.25) is 0 Å². The maximum atomic E-state index is 11.9. The molecular formula is C10H14N6OS. The van der Waals surface area contributed by atoms with E-state index in [2.05, 4.69) is 25.1 Å². The Morgan fingerprint density at radius 3 is 3.00 bits per heavy atom. The number of rotatable bonds is 5. The number of aromatic nitrogens is 5. The molecule has 1 amide bonds. The highest BCUT2D eigenvalue weighted by atomic mass is 32.1. The van der Waals surface area contributed by atoms with E-state index in [1.807, 2.05) is 18.4 Å². The van der Waals surface area contributed by atoms with Gasteiger partial charge >= 0.3 is 0 Å². The summed E-state index contributed by atoms with van der Waals surface area (Å²) >= 11 is 1.11. The normalized spacial score (nSPS) is 10.6. The van der Waals surface area contributed by atoms with Crippen molar-refractivity contribution in [1.29, 1.82) is 0 Å². The average molecular weight is 266 g/mol. The largest absolute Gasteiger partial charge is 0.344 e. The van der Waals surface area contributed by atoms with Gasteiger partial charge in [-0.25, -0.2) is 0 Å². The smallest absolute Gasteiger partial charge is 0.265 e. The van der Waals surface area contributed by atoms with Gasteiger partial charge in [-0.05, 0) is 24.9 Å². The van der Waals surface area contributed by atoms with Gasteiger partial charge in [0, 0.05) is 6.54 Å². The minimum atomic E-state index is -0.160. The summed E-state index contributed by atoms with van der Waals surface area (Å²) in [5, 5.41) is 14.5. The number of aryl methyl sites for hydroxylation is 2. The quantitative estimate of drug-likeness (QED) is 0.858. The van der Waals surface area contributed by atoms with Gasteiger partial charge < -0.3 is 9.88 Å². The molecule has 96 valence electrons. The molecule has 0 radical (unpaired) electrons. The number of amides is 1. The van der Waals surface area contributed by atoms with E-state index in [1.165, 1.54) is 0 Å². The Bertz CT molecular complexity index is 534. The molecule has 7 nitrogen and oxygen atoms in total. The monoisotopic (exact) mass is 266 g/mol. The number of carbonyl (C=O) groups excluding carboxylic acids is 1. The van der Waals surface area contributed by atoms with Crippen molar-refractivity contribution in [3.8, 4) is 0 Å². The van der Waals surface area contributed by atoms with E-state index in [0.717, 1.165) is 29.6 Å².